The summed E-state index contributed by atoms with van der Waals surface area (Å²) in [4.78, 5) is 17.8. The highest BCUT2D eigenvalue weighted by molar-refractivity contribution is 5.99. The standard InChI is InChI=1S/C16H12N6O/c17-22-21-15-12-8-4-5-9-14(12)19-16(23)13(15)10-18-20-11-6-2-1-3-7-11/h1-10,20H,(H,19,23)/b18-10+. The fourth-order valence-corrected chi connectivity index (χ4v) is 2.20. The van der Waals surface area contributed by atoms with E-state index in [1.807, 2.05) is 30.3 Å². The van der Waals surface area contributed by atoms with Gasteiger partial charge in [0.15, 0.2) is 0 Å². The Hall–Kier alpha value is -3.57. The van der Waals surface area contributed by atoms with Crippen molar-refractivity contribution in [2.45, 2.75) is 0 Å². The molecule has 1 heterocycles. The zero-order valence-corrected chi connectivity index (χ0v) is 12.0. The third-order valence-electron chi connectivity index (χ3n) is 3.24. The minimum Gasteiger partial charge on any atom is -0.321 e. The Kier molecular flexibility index (Phi) is 4.04. The molecule has 0 aliphatic heterocycles. The lowest BCUT2D eigenvalue weighted by Gasteiger charge is -2.05. The Morgan fingerprint density at radius 3 is 2.61 bits per heavy atom. The molecule has 23 heavy (non-hydrogen) atoms. The van der Waals surface area contributed by atoms with Gasteiger partial charge in [-0.2, -0.15) is 5.10 Å². The molecule has 2 aromatic carbocycles. The van der Waals surface area contributed by atoms with Gasteiger partial charge in [-0.05, 0) is 23.7 Å². The molecule has 0 bridgehead atoms. The second-order valence-electron chi connectivity index (χ2n) is 4.69. The molecule has 0 unspecified atom stereocenters. The van der Waals surface area contributed by atoms with Crippen molar-refractivity contribution in [2.24, 2.45) is 10.2 Å². The van der Waals surface area contributed by atoms with Crippen LogP contribution < -0.4 is 11.0 Å². The maximum absolute atomic E-state index is 12.2. The first kappa shape index (κ1) is 14.4. The third kappa shape index (κ3) is 3.04. The second kappa shape index (κ2) is 6.46. The van der Waals surface area contributed by atoms with Crippen molar-refractivity contribution >= 4 is 28.5 Å². The van der Waals surface area contributed by atoms with Gasteiger partial charge in [0, 0.05) is 15.8 Å². The number of aromatic amines is 1. The number of hydrogen-bond donors (Lipinski definition) is 2. The molecule has 3 aromatic rings. The van der Waals surface area contributed by atoms with E-state index in [-0.39, 0.29) is 16.8 Å². The van der Waals surface area contributed by atoms with Gasteiger partial charge in [-0.1, -0.05) is 41.5 Å². The quantitative estimate of drug-likeness (QED) is 0.250. The van der Waals surface area contributed by atoms with Crippen LogP contribution in [0.25, 0.3) is 21.3 Å². The minimum absolute atomic E-state index is 0.199. The average molecular weight is 304 g/mol. The van der Waals surface area contributed by atoms with Gasteiger partial charge in [0.2, 0.25) is 0 Å². The summed E-state index contributed by atoms with van der Waals surface area (Å²) in [5.41, 5.74) is 13.1. The molecule has 0 aliphatic rings. The second-order valence-corrected chi connectivity index (χ2v) is 4.69. The van der Waals surface area contributed by atoms with Gasteiger partial charge in [-0.25, -0.2) is 0 Å². The van der Waals surface area contributed by atoms with Gasteiger partial charge in [-0.15, -0.1) is 0 Å². The summed E-state index contributed by atoms with van der Waals surface area (Å²) in [6.07, 6.45) is 1.35. The van der Waals surface area contributed by atoms with Crippen molar-refractivity contribution in [1.29, 1.82) is 0 Å². The van der Waals surface area contributed by atoms with Crippen LogP contribution in [0.3, 0.4) is 0 Å². The molecule has 2 N–H and O–H groups in total. The Morgan fingerprint density at radius 1 is 1.09 bits per heavy atom. The minimum atomic E-state index is -0.371. The van der Waals surface area contributed by atoms with E-state index >= 15 is 0 Å². The van der Waals surface area contributed by atoms with E-state index in [2.05, 4.69) is 25.5 Å². The first-order chi connectivity index (χ1) is 11.3. The maximum atomic E-state index is 12.2. The largest absolute Gasteiger partial charge is 0.321 e. The summed E-state index contributed by atoms with van der Waals surface area (Å²) < 4.78 is 0. The number of azide groups is 1. The summed E-state index contributed by atoms with van der Waals surface area (Å²) in [5.74, 6) is 0. The lowest BCUT2D eigenvalue weighted by Crippen LogP contribution is -2.12. The normalized spacial score (nSPS) is 10.6. The zero-order chi connectivity index (χ0) is 16.1. The van der Waals surface area contributed by atoms with E-state index < -0.39 is 0 Å². The van der Waals surface area contributed by atoms with Gasteiger partial charge in [0.25, 0.3) is 5.56 Å². The van der Waals surface area contributed by atoms with E-state index in [9.17, 15) is 4.79 Å². The molecule has 7 nitrogen and oxygen atoms in total. The average Bonchev–Trinajstić information content (AvgIpc) is 2.58. The Labute approximate surface area is 130 Å². The summed E-state index contributed by atoms with van der Waals surface area (Å²) in [5, 5.41) is 8.37. The van der Waals surface area contributed by atoms with Crippen LogP contribution in [0.5, 0.6) is 0 Å². The van der Waals surface area contributed by atoms with Crippen LogP contribution in [0.4, 0.5) is 11.4 Å². The fraction of sp³-hybridized carbons (Fsp3) is 0. The molecule has 0 aliphatic carbocycles. The summed E-state index contributed by atoms with van der Waals surface area (Å²) >= 11 is 0. The van der Waals surface area contributed by atoms with Crippen molar-refractivity contribution in [2.75, 3.05) is 5.43 Å². The predicted molar refractivity (Wildman–Crippen MR) is 91.0 cm³/mol. The monoisotopic (exact) mass is 304 g/mol. The molecule has 3 rings (SSSR count). The lowest BCUT2D eigenvalue weighted by molar-refractivity contribution is 1.27. The zero-order valence-electron chi connectivity index (χ0n) is 12.0. The molecule has 0 atom stereocenters. The number of nitrogens with one attached hydrogen (secondary N) is 2. The van der Waals surface area contributed by atoms with Crippen molar-refractivity contribution in [3.8, 4) is 0 Å². The van der Waals surface area contributed by atoms with Crippen LogP contribution in [0.2, 0.25) is 0 Å². The van der Waals surface area contributed by atoms with Gasteiger partial charge < -0.3 is 4.98 Å². The highest BCUT2D eigenvalue weighted by Gasteiger charge is 2.09. The first-order valence-corrected chi connectivity index (χ1v) is 6.84. The van der Waals surface area contributed by atoms with Gasteiger partial charge >= 0.3 is 0 Å². The topological polar surface area (TPSA) is 106 Å². The smallest absolute Gasteiger partial charge is 0.257 e. The lowest BCUT2D eigenvalue weighted by atomic mass is 10.1. The molecule has 7 heteroatoms. The van der Waals surface area contributed by atoms with Gasteiger partial charge in [-0.3, -0.25) is 10.2 Å². The number of pyridine rings is 1. The number of aromatic nitrogens is 1. The summed E-state index contributed by atoms with van der Waals surface area (Å²) in [6.45, 7) is 0. The maximum Gasteiger partial charge on any atom is 0.257 e. The molecule has 0 fully saturated rings. The number of para-hydroxylation sites is 2. The van der Waals surface area contributed by atoms with E-state index in [4.69, 9.17) is 5.53 Å². The molecular weight excluding hydrogens is 292 g/mol. The molecule has 0 saturated heterocycles. The number of H-pyrrole nitrogens is 1. The van der Waals surface area contributed by atoms with E-state index in [1.165, 1.54) is 6.21 Å². The summed E-state index contributed by atoms with van der Waals surface area (Å²) in [6, 6.07) is 16.4. The molecule has 112 valence electrons. The van der Waals surface area contributed by atoms with Crippen LogP contribution in [-0.2, 0) is 0 Å². The fourth-order valence-electron chi connectivity index (χ4n) is 2.20. The van der Waals surface area contributed by atoms with Crippen molar-refractivity contribution in [3.63, 3.8) is 0 Å². The van der Waals surface area contributed by atoms with E-state index in [0.29, 0.717) is 10.9 Å². The SMILES string of the molecule is [N-]=[N+]=Nc1c(/C=N/Nc2ccccc2)c(=O)[nH]c2ccccc12. The number of hydrazone groups is 1. The number of fused-ring (bicyclic) bond motifs is 1. The van der Waals surface area contributed by atoms with Crippen LogP contribution in [0.15, 0.2) is 69.6 Å². The molecular formula is C16H12N6O. The highest BCUT2D eigenvalue weighted by Crippen LogP contribution is 2.25. The number of hydrogen-bond acceptors (Lipinski definition) is 4. The Bertz CT molecular complexity index is 971. The first-order valence-electron chi connectivity index (χ1n) is 6.84. The number of rotatable bonds is 4. The number of nitrogens with zero attached hydrogens (tertiary/aromatic N) is 4. The molecule has 0 saturated carbocycles. The van der Waals surface area contributed by atoms with Crippen LogP contribution >= 0.6 is 0 Å². The van der Waals surface area contributed by atoms with Crippen LogP contribution in [0, 0.1) is 0 Å². The molecule has 0 amide bonds. The van der Waals surface area contributed by atoms with Crippen molar-refractivity contribution < 1.29 is 0 Å². The Balaban J connectivity index is 2.06. The molecule has 0 radical (unpaired) electrons. The van der Waals surface area contributed by atoms with Crippen LogP contribution in [0.1, 0.15) is 5.56 Å². The third-order valence-corrected chi connectivity index (χ3v) is 3.24. The predicted octanol–water partition coefficient (Wildman–Crippen LogP) is 3.92. The Morgan fingerprint density at radius 2 is 1.83 bits per heavy atom. The van der Waals surface area contributed by atoms with Crippen molar-refractivity contribution in [1.82, 2.24) is 4.98 Å². The molecule has 1 aromatic heterocycles. The van der Waals surface area contributed by atoms with Crippen LogP contribution in [-0.4, -0.2) is 11.2 Å². The van der Waals surface area contributed by atoms with Gasteiger partial charge in [0.05, 0.1) is 23.2 Å². The van der Waals surface area contributed by atoms with Crippen molar-refractivity contribution in [3.05, 3.63) is 81.0 Å². The number of anilines is 1. The van der Waals surface area contributed by atoms with E-state index in [1.54, 1.807) is 24.3 Å². The molecule has 0 spiro atoms. The highest BCUT2D eigenvalue weighted by atomic mass is 16.1. The van der Waals surface area contributed by atoms with E-state index in [0.717, 1.165) is 5.69 Å². The summed E-state index contributed by atoms with van der Waals surface area (Å²) in [7, 11) is 0. The van der Waals surface area contributed by atoms with Gasteiger partial charge in [0.1, 0.15) is 0 Å². The number of benzene rings is 2.